The zero-order chi connectivity index (χ0) is 15.0. The summed E-state index contributed by atoms with van der Waals surface area (Å²) in [7, 11) is 0. The number of benzene rings is 1. The molecule has 0 amide bonds. The van der Waals surface area contributed by atoms with E-state index in [2.05, 4.69) is 15.7 Å². The van der Waals surface area contributed by atoms with Crippen molar-refractivity contribution in [2.45, 2.75) is 20.3 Å². The van der Waals surface area contributed by atoms with Crippen molar-refractivity contribution in [3.63, 3.8) is 0 Å². The van der Waals surface area contributed by atoms with Crippen molar-refractivity contribution in [3.05, 3.63) is 27.7 Å². The number of nitrogens with one attached hydrogen (secondary N) is 2. The summed E-state index contributed by atoms with van der Waals surface area (Å²) in [4.78, 5) is 4.29. The summed E-state index contributed by atoms with van der Waals surface area (Å²) in [5.41, 5.74) is 4.07. The first-order chi connectivity index (χ1) is 9.58. The summed E-state index contributed by atoms with van der Waals surface area (Å²) >= 11 is 12.2. The van der Waals surface area contributed by atoms with E-state index in [0.717, 1.165) is 12.0 Å². The van der Waals surface area contributed by atoms with Gasteiger partial charge >= 0.3 is 0 Å². The lowest BCUT2D eigenvalue weighted by atomic mass is 10.2. The zero-order valence-electron chi connectivity index (χ0n) is 11.7. The van der Waals surface area contributed by atoms with Gasteiger partial charge in [-0.05, 0) is 38.0 Å². The van der Waals surface area contributed by atoms with Crippen LogP contribution in [0.2, 0.25) is 10.0 Å². The quantitative estimate of drug-likeness (QED) is 0.248. The average Bonchev–Trinajstić information content (AvgIpc) is 2.42. The van der Waals surface area contributed by atoms with Gasteiger partial charge in [-0.25, -0.2) is 5.84 Å². The van der Waals surface area contributed by atoms with Gasteiger partial charge in [-0.2, -0.15) is 0 Å². The number of aryl methyl sites for hydroxylation is 1. The summed E-state index contributed by atoms with van der Waals surface area (Å²) in [5, 5.41) is 4.20. The van der Waals surface area contributed by atoms with Crippen LogP contribution in [0, 0.1) is 6.92 Å². The molecule has 1 aromatic rings. The molecule has 0 aromatic heterocycles. The summed E-state index contributed by atoms with van der Waals surface area (Å²) in [6, 6.07) is 3.53. The number of rotatable bonds is 6. The standard InChI is InChI=1S/C13H20Cl2N4O/c1-3-20-6-4-5-17-13(19-16)18-12-8-10(14)9(2)7-11(12)15/h7-8H,3-6,16H2,1-2H3,(H2,17,18,19). The molecule has 0 spiro atoms. The Labute approximate surface area is 129 Å². The van der Waals surface area contributed by atoms with Crippen LogP contribution < -0.4 is 16.6 Å². The number of nitrogens with zero attached hydrogens (tertiary/aromatic N) is 1. The SMILES string of the molecule is CCOCCCN=C(NN)Nc1cc(Cl)c(C)cc1Cl. The van der Waals surface area contributed by atoms with E-state index in [9.17, 15) is 0 Å². The van der Waals surface area contributed by atoms with Crippen molar-refractivity contribution in [2.75, 3.05) is 25.1 Å². The van der Waals surface area contributed by atoms with Crippen LogP contribution in [0.4, 0.5) is 5.69 Å². The second-order valence-corrected chi connectivity index (χ2v) is 4.95. The number of nitrogens with two attached hydrogens (primary N) is 1. The number of hydrogen-bond acceptors (Lipinski definition) is 3. The fourth-order valence-electron chi connectivity index (χ4n) is 1.49. The van der Waals surface area contributed by atoms with Gasteiger partial charge in [0.1, 0.15) is 0 Å². The number of hydrazine groups is 1. The van der Waals surface area contributed by atoms with Gasteiger partial charge in [0.2, 0.25) is 5.96 Å². The molecule has 0 saturated heterocycles. The van der Waals surface area contributed by atoms with Gasteiger partial charge in [0.05, 0.1) is 10.7 Å². The Bertz CT molecular complexity index is 466. The molecule has 0 radical (unpaired) electrons. The van der Waals surface area contributed by atoms with E-state index < -0.39 is 0 Å². The van der Waals surface area contributed by atoms with Crippen molar-refractivity contribution in [1.29, 1.82) is 0 Å². The van der Waals surface area contributed by atoms with Crippen molar-refractivity contribution in [2.24, 2.45) is 10.8 Å². The second kappa shape index (κ2) is 9.02. The van der Waals surface area contributed by atoms with Gasteiger partial charge in [-0.3, -0.25) is 10.4 Å². The Morgan fingerprint density at radius 2 is 2.10 bits per heavy atom. The molecule has 1 aromatic carbocycles. The summed E-state index contributed by atoms with van der Waals surface area (Å²) in [6.45, 7) is 5.84. The van der Waals surface area contributed by atoms with E-state index in [4.69, 9.17) is 33.8 Å². The van der Waals surface area contributed by atoms with Gasteiger partial charge in [-0.1, -0.05) is 23.2 Å². The smallest absolute Gasteiger partial charge is 0.210 e. The minimum absolute atomic E-state index is 0.434. The third-order valence-corrected chi connectivity index (χ3v) is 3.28. The van der Waals surface area contributed by atoms with Crippen LogP contribution >= 0.6 is 23.2 Å². The molecular weight excluding hydrogens is 299 g/mol. The van der Waals surface area contributed by atoms with E-state index in [1.807, 2.05) is 13.8 Å². The lowest BCUT2D eigenvalue weighted by molar-refractivity contribution is 0.146. The highest BCUT2D eigenvalue weighted by Gasteiger charge is 2.06. The maximum absolute atomic E-state index is 6.14. The fraction of sp³-hybridized carbons (Fsp3) is 0.462. The van der Waals surface area contributed by atoms with Crippen molar-refractivity contribution in [1.82, 2.24) is 5.43 Å². The molecule has 5 nitrogen and oxygen atoms in total. The first-order valence-corrected chi connectivity index (χ1v) is 7.15. The molecule has 1 rings (SSSR count). The Balaban J connectivity index is 2.64. The third kappa shape index (κ3) is 5.54. The lowest BCUT2D eigenvalue weighted by Crippen LogP contribution is -2.36. The molecule has 0 aliphatic heterocycles. The highest BCUT2D eigenvalue weighted by molar-refractivity contribution is 6.36. The van der Waals surface area contributed by atoms with Crippen LogP contribution in [0.5, 0.6) is 0 Å². The van der Waals surface area contributed by atoms with Gasteiger partial charge in [-0.15, -0.1) is 0 Å². The molecule has 4 N–H and O–H groups in total. The topological polar surface area (TPSA) is 71.7 Å². The Hall–Kier alpha value is -1.01. The van der Waals surface area contributed by atoms with Crippen LogP contribution in [0.15, 0.2) is 17.1 Å². The first-order valence-electron chi connectivity index (χ1n) is 6.40. The zero-order valence-corrected chi connectivity index (χ0v) is 13.2. The predicted molar refractivity (Wildman–Crippen MR) is 85.6 cm³/mol. The second-order valence-electron chi connectivity index (χ2n) is 4.13. The van der Waals surface area contributed by atoms with Crippen molar-refractivity contribution < 1.29 is 4.74 Å². The number of aliphatic imine (C=N–C) groups is 1. The Morgan fingerprint density at radius 1 is 1.35 bits per heavy atom. The average molecular weight is 319 g/mol. The predicted octanol–water partition coefficient (Wildman–Crippen LogP) is 2.96. The molecule has 0 fully saturated rings. The maximum atomic E-state index is 6.14. The minimum atomic E-state index is 0.434. The van der Waals surface area contributed by atoms with Crippen LogP contribution in [0.1, 0.15) is 18.9 Å². The maximum Gasteiger partial charge on any atom is 0.210 e. The molecule has 0 aliphatic carbocycles. The highest BCUT2D eigenvalue weighted by atomic mass is 35.5. The molecule has 0 atom stereocenters. The van der Waals surface area contributed by atoms with Crippen LogP contribution in [-0.2, 0) is 4.74 Å². The number of ether oxygens (including phenoxy) is 1. The van der Waals surface area contributed by atoms with Gasteiger partial charge in [0.25, 0.3) is 0 Å². The Morgan fingerprint density at radius 3 is 2.75 bits per heavy atom. The number of halogens is 2. The molecule has 0 heterocycles. The monoisotopic (exact) mass is 318 g/mol. The van der Waals surface area contributed by atoms with Crippen LogP contribution in [0.25, 0.3) is 0 Å². The van der Waals surface area contributed by atoms with E-state index in [0.29, 0.717) is 41.5 Å². The van der Waals surface area contributed by atoms with E-state index in [1.165, 1.54) is 0 Å². The number of guanidine groups is 1. The first kappa shape index (κ1) is 17.0. The molecule has 112 valence electrons. The minimum Gasteiger partial charge on any atom is -0.382 e. The molecular formula is C13H20Cl2N4O. The van der Waals surface area contributed by atoms with Gasteiger partial charge in [0, 0.05) is 24.8 Å². The summed E-state index contributed by atoms with van der Waals surface area (Å²) < 4.78 is 5.24. The van der Waals surface area contributed by atoms with Crippen LogP contribution in [0.3, 0.4) is 0 Å². The lowest BCUT2D eigenvalue weighted by Gasteiger charge is -2.12. The van der Waals surface area contributed by atoms with Crippen molar-refractivity contribution >= 4 is 34.8 Å². The summed E-state index contributed by atoms with van der Waals surface area (Å²) in [6.07, 6.45) is 0.823. The fourth-order valence-corrected chi connectivity index (χ4v) is 1.92. The summed E-state index contributed by atoms with van der Waals surface area (Å²) in [5.74, 6) is 5.86. The van der Waals surface area contributed by atoms with Gasteiger partial charge < -0.3 is 10.1 Å². The number of anilines is 1. The molecule has 0 saturated carbocycles. The molecule has 7 heteroatoms. The van der Waals surface area contributed by atoms with Crippen molar-refractivity contribution in [3.8, 4) is 0 Å². The van der Waals surface area contributed by atoms with E-state index >= 15 is 0 Å². The van der Waals surface area contributed by atoms with Crippen LogP contribution in [-0.4, -0.2) is 25.7 Å². The highest BCUT2D eigenvalue weighted by Crippen LogP contribution is 2.28. The normalized spacial score (nSPS) is 11.6. The molecule has 0 unspecified atom stereocenters. The number of hydrogen-bond donors (Lipinski definition) is 3. The molecule has 0 aliphatic rings. The third-order valence-electron chi connectivity index (χ3n) is 2.56. The molecule has 0 bridgehead atoms. The van der Waals surface area contributed by atoms with Gasteiger partial charge in [0.15, 0.2) is 0 Å². The van der Waals surface area contributed by atoms with E-state index in [-0.39, 0.29) is 0 Å². The largest absolute Gasteiger partial charge is 0.382 e. The Kier molecular flexibility index (Phi) is 7.69. The molecule has 20 heavy (non-hydrogen) atoms. The van der Waals surface area contributed by atoms with E-state index in [1.54, 1.807) is 12.1 Å².